The first kappa shape index (κ1) is 11.6. The van der Waals surface area contributed by atoms with Crippen LogP contribution in [0.4, 0.5) is 0 Å². The highest BCUT2D eigenvalue weighted by Gasteiger charge is 2.18. The highest BCUT2D eigenvalue weighted by molar-refractivity contribution is 6.17. The number of nitrogens with zero attached hydrogens (tertiary/aromatic N) is 1. The van der Waals surface area contributed by atoms with Crippen molar-refractivity contribution in [3.63, 3.8) is 0 Å². The highest BCUT2D eigenvalue weighted by Crippen LogP contribution is 2.33. The van der Waals surface area contributed by atoms with E-state index in [-0.39, 0.29) is 0 Å². The molecule has 4 heteroatoms. The fraction of sp³-hybridized carbons (Fsp3) is 0.500. The Morgan fingerprint density at radius 2 is 1.81 bits per heavy atom. The van der Waals surface area contributed by atoms with Crippen molar-refractivity contribution in [2.45, 2.75) is 13.0 Å². The molecule has 0 aromatic heterocycles. The quantitative estimate of drug-likeness (QED) is 0.599. The molecule has 1 aliphatic rings. The Kier molecular flexibility index (Phi) is 3.56. The van der Waals surface area contributed by atoms with Gasteiger partial charge in [0.25, 0.3) is 0 Å². The van der Waals surface area contributed by atoms with Gasteiger partial charge in [0.2, 0.25) is 0 Å². The molecule has 1 aromatic rings. The number of methoxy groups -OCH3 is 2. The summed E-state index contributed by atoms with van der Waals surface area (Å²) in [5.41, 5.74) is 2.61. The number of rotatable bonds is 3. The molecule has 3 nitrogen and oxygen atoms in total. The van der Waals surface area contributed by atoms with Gasteiger partial charge in [0.05, 0.1) is 20.2 Å². The lowest BCUT2D eigenvalue weighted by atomic mass is 9.99. The third kappa shape index (κ3) is 2.11. The maximum Gasteiger partial charge on any atom is 0.161 e. The van der Waals surface area contributed by atoms with Gasteiger partial charge in [-0.15, -0.1) is 11.6 Å². The predicted octanol–water partition coefficient (Wildman–Crippen LogP) is 2.26. The SMILES string of the molecule is COc1cc2c(cc1OC)CN(CCl)CC2. The van der Waals surface area contributed by atoms with Crippen LogP contribution in [-0.2, 0) is 13.0 Å². The fourth-order valence-electron chi connectivity index (χ4n) is 2.04. The van der Waals surface area contributed by atoms with Crippen LogP contribution in [0.2, 0.25) is 0 Å². The average Bonchev–Trinajstić information content (AvgIpc) is 2.36. The lowest BCUT2D eigenvalue weighted by Crippen LogP contribution is -2.29. The summed E-state index contributed by atoms with van der Waals surface area (Å²) in [5, 5.41) is 0. The minimum absolute atomic E-state index is 0.577. The maximum atomic E-state index is 5.85. The van der Waals surface area contributed by atoms with Gasteiger partial charge in [0.15, 0.2) is 11.5 Å². The molecule has 0 aliphatic carbocycles. The highest BCUT2D eigenvalue weighted by atomic mass is 35.5. The van der Waals surface area contributed by atoms with Crippen molar-refractivity contribution in [2.24, 2.45) is 0 Å². The zero-order valence-corrected chi connectivity index (χ0v) is 10.4. The van der Waals surface area contributed by atoms with Crippen LogP contribution in [0.3, 0.4) is 0 Å². The third-order valence-electron chi connectivity index (χ3n) is 2.97. The third-order valence-corrected chi connectivity index (χ3v) is 3.30. The van der Waals surface area contributed by atoms with Crippen LogP contribution in [0.1, 0.15) is 11.1 Å². The van der Waals surface area contributed by atoms with Crippen LogP contribution >= 0.6 is 11.6 Å². The zero-order chi connectivity index (χ0) is 11.5. The maximum absolute atomic E-state index is 5.85. The second-order valence-electron chi connectivity index (χ2n) is 3.90. The fourth-order valence-corrected chi connectivity index (χ4v) is 2.25. The van der Waals surface area contributed by atoms with Crippen LogP contribution in [0.25, 0.3) is 0 Å². The second-order valence-corrected chi connectivity index (χ2v) is 4.14. The molecule has 0 bridgehead atoms. The Bertz CT molecular complexity index is 382. The molecule has 0 saturated carbocycles. The van der Waals surface area contributed by atoms with Crippen molar-refractivity contribution in [1.29, 1.82) is 0 Å². The smallest absolute Gasteiger partial charge is 0.161 e. The van der Waals surface area contributed by atoms with Gasteiger partial charge in [0.1, 0.15) is 0 Å². The molecule has 0 N–H and O–H groups in total. The first-order chi connectivity index (χ1) is 7.78. The number of halogens is 1. The molecule has 16 heavy (non-hydrogen) atoms. The summed E-state index contributed by atoms with van der Waals surface area (Å²) >= 11 is 5.85. The van der Waals surface area contributed by atoms with E-state index in [1.165, 1.54) is 11.1 Å². The Morgan fingerprint density at radius 1 is 1.19 bits per heavy atom. The molecule has 1 heterocycles. The largest absolute Gasteiger partial charge is 0.493 e. The summed E-state index contributed by atoms with van der Waals surface area (Å²) < 4.78 is 10.6. The molecule has 0 radical (unpaired) electrons. The summed E-state index contributed by atoms with van der Waals surface area (Å²) in [6, 6.07) is 4.69. The number of benzene rings is 1. The number of hydrogen-bond acceptors (Lipinski definition) is 3. The average molecular weight is 242 g/mol. The standard InChI is InChI=1S/C12H16ClNO2/c1-15-11-5-9-3-4-14(8-13)7-10(9)6-12(11)16-2/h5-6H,3-4,7-8H2,1-2H3. The van der Waals surface area contributed by atoms with Gasteiger partial charge in [-0.05, 0) is 29.7 Å². The van der Waals surface area contributed by atoms with Crippen LogP contribution in [0, 0.1) is 0 Å². The normalized spacial score (nSPS) is 15.7. The molecule has 1 aromatic carbocycles. The van der Waals surface area contributed by atoms with Gasteiger partial charge in [0, 0.05) is 13.1 Å². The van der Waals surface area contributed by atoms with Gasteiger partial charge >= 0.3 is 0 Å². The first-order valence-electron chi connectivity index (χ1n) is 5.30. The molecule has 1 aliphatic heterocycles. The van der Waals surface area contributed by atoms with Crippen LogP contribution in [0.5, 0.6) is 11.5 Å². The first-order valence-corrected chi connectivity index (χ1v) is 5.84. The minimum atomic E-state index is 0.577. The monoisotopic (exact) mass is 241 g/mol. The molecule has 2 rings (SSSR count). The van der Waals surface area contributed by atoms with Crippen LogP contribution < -0.4 is 9.47 Å². The molecule has 0 atom stereocenters. The van der Waals surface area contributed by atoms with Crippen LogP contribution in [0.15, 0.2) is 12.1 Å². The van der Waals surface area contributed by atoms with E-state index in [2.05, 4.69) is 11.0 Å². The van der Waals surface area contributed by atoms with E-state index in [9.17, 15) is 0 Å². The summed E-state index contributed by atoms with van der Waals surface area (Å²) in [6.45, 7) is 1.89. The van der Waals surface area contributed by atoms with E-state index in [0.29, 0.717) is 6.00 Å². The van der Waals surface area contributed by atoms with E-state index in [1.807, 2.05) is 6.07 Å². The van der Waals surface area contributed by atoms with E-state index < -0.39 is 0 Å². The van der Waals surface area contributed by atoms with Gasteiger partial charge < -0.3 is 9.47 Å². The van der Waals surface area contributed by atoms with E-state index in [4.69, 9.17) is 21.1 Å². The Balaban J connectivity index is 2.34. The van der Waals surface area contributed by atoms with Crippen molar-refractivity contribution in [3.8, 4) is 11.5 Å². The number of ether oxygens (including phenoxy) is 2. The van der Waals surface area contributed by atoms with Gasteiger partial charge in [-0.3, -0.25) is 4.90 Å². The molecule has 88 valence electrons. The number of hydrogen-bond donors (Lipinski definition) is 0. The number of fused-ring (bicyclic) bond motifs is 1. The molecule has 0 spiro atoms. The predicted molar refractivity (Wildman–Crippen MR) is 64.4 cm³/mol. The van der Waals surface area contributed by atoms with E-state index in [1.54, 1.807) is 14.2 Å². The molecule has 0 saturated heterocycles. The minimum Gasteiger partial charge on any atom is -0.493 e. The van der Waals surface area contributed by atoms with E-state index in [0.717, 1.165) is 31.0 Å². The van der Waals surface area contributed by atoms with Crippen LogP contribution in [-0.4, -0.2) is 31.7 Å². The lowest BCUT2D eigenvalue weighted by molar-refractivity contribution is 0.293. The zero-order valence-electron chi connectivity index (χ0n) is 9.62. The van der Waals surface area contributed by atoms with Crippen molar-refractivity contribution in [2.75, 3.05) is 26.8 Å². The summed E-state index contributed by atoms with van der Waals surface area (Å²) in [7, 11) is 3.32. The second kappa shape index (κ2) is 4.93. The summed E-state index contributed by atoms with van der Waals surface area (Å²) in [4.78, 5) is 2.20. The molecule has 0 unspecified atom stereocenters. The van der Waals surface area contributed by atoms with Gasteiger partial charge in [-0.2, -0.15) is 0 Å². The van der Waals surface area contributed by atoms with Gasteiger partial charge in [-0.1, -0.05) is 0 Å². The van der Waals surface area contributed by atoms with Crippen molar-refractivity contribution < 1.29 is 9.47 Å². The Labute approximate surface area is 101 Å². The summed E-state index contributed by atoms with van der Waals surface area (Å²) in [5.74, 6) is 1.60. The van der Waals surface area contributed by atoms with Gasteiger partial charge in [-0.25, -0.2) is 0 Å². The Morgan fingerprint density at radius 3 is 2.38 bits per heavy atom. The number of alkyl halides is 1. The Hall–Kier alpha value is -0.930. The van der Waals surface area contributed by atoms with Crippen molar-refractivity contribution in [3.05, 3.63) is 23.3 Å². The molecular weight excluding hydrogens is 226 g/mol. The van der Waals surface area contributed by atoms with E-state index >= 15 is 0 Å². The molecule has 0 amide bonds. The molecule has 0 fully saturated rings. The van der Waals surface area contributed by atoms with Crippen molar-refractivity contribution in [1.82, 2.24) is 4.90 Å². The lowest BCUT2D eigenvalue weighted by Gasteiger charge is -2.27. The van der Waals surface area contributed by atoms with Crippen molar-refractivity contribution >= 4 is 11.6 Å². The topological polar surface area (TPSA) is 21.7 Å². The molecular formula is C12H16ClNO2. The summed E-state index contributed by atoms with van der Waals surface area (Å²) in [6.07, 6.45) is 1.02.